The third-order valence-electron chi connectivity index (χ3n) is 3.37. The molecule has 0 radical (unpaired) electrons. The van der Waals surface area contributed by atoms with Crippen LogP contribution in [0, 0.1) is 5.41 Å². The molecule has 0 aliphatic carbocycles. The first-order valence-electron chi connectivity index (χ1n) is 6.63. The molecule has 5 nitrogen and oxygen atoms in total. The predicted octanol–water partition coefficient (Wildman–Crippen LogP) is 1.27. The molecule has 2 amide bonds. The summed E-state index contributed by atoms with van der Waals surface area (Å²) in [6, 6.07) is 6.15. The van der Waals surface area contributed by atoms with Crippen LogP contribution in [0.4, 0.5) is 0 Å². The SMILES string of the molecule is CC(C)(C)C1NC(=O)CN(Cc2ccc(O)cc2)C1=O. The van der Waals surface area contributed by atoms with Gasteiger partial charge in [-0.1, -0.05) is 32.9 Å². The quantitative estimate of drug-likeness (QED) is 0.854. The van der Waals surface area contributed by atoms with E-state index in [1.165, 1.54) is 0 Å². The summed E-state index contributed by atoms with van der Waals surface area (Å²) in [4.78, 5) is 25.8. The Bertz CT molecular complexity index is 517. The fourth-order valence-corrected chi connectivity index (χ4v) is 2.24. The Hall–Kier alpha value is -2.04. The molecule has 0 spiro atoms. The number of phenolic OH excluding ortho intramolecular Hbond substituents is 1. The lowest BCUT2D eigenvalue weighted by atomic mass is 9.84. The lowest BCUT2D eigenvalue weighted by Crippen LogP contribution is -2.61. The number of hydrogen-bond donors (Lipinski definition) is 2. The van der Waals surface area contributed by atoms with Crippen LogP contribution in [0.25, 0.3) is 0 Å². The van der Waals surface area contributed by atoms with E-state index in [2.05, 4.69) is 5.32 Å². The van der Waals surface area contributed by atoms with Gasteiger partial charge < -0.3 is 15.3 Å². The number of hydrogen-bond acceptors (Lipinski definition) is 3. The summed E-state index contributed by atoms with van der Waals surface area (Å²) in [5.74, 6) is -0.0162. The van der Waals surface area contributed by atoms with Gasteiger partial charge in [0.05, 0.1) is 6.54 Å². The van der Waals surface area contributed by atoms with Crippen molar-refractivity contribution in [3.8, 4) is 5.75 Å². The maximum absolute atomic E-state index is 12.5. The van der Waals surface area contributed by atoms with Crippen LogP contribution in [0.5, 0.6) is 5.75 Å². The van der Waals surface area contributed by atoms with Gasteiger partial charge in [0, 0.05) is 6.54 Å². The van der Waals surface area contributed by atoms with E-state index in [0.717, 1.165) is 5.56 Å². The van der Waals surface area contributed by atoms with Crippen molar-refractivity contribution in [2.24, 2.45) is 5.41 Å². The highest BCUT2D eigenvalue weighted by Gasteiger charge is 2.39. The van der Waals surface area contributed by atoms with Crippen molar-refractivity contribution in [2.45, 2.75) is 33.4 Å². The molecule has 0 bridgehead atoms. The van der Waals surface area contributed by atoms with Crippen molar-refractivity contribution in [1.29, 1.82) is 0 Å². The highest BCUT2D eigenvalue weighted by Crippen LogP contribution is 2.24. The van der Waals surface area contributed by atoms with E-state index < -0.39 is 6.04 Å². The molecule has 1 heterocycles. The fourth-order valence-electron chi connectivity index (χ4n) is 2.24. The molecule has 1 atom stereocenters. The maximum Gasteiger partial charge on any atom is 0.246 e. The Morgan fingerprint density at radius 3 is 2.40 bits per heavy atom. The van der Waals surface area contributed by atoms with Crippen molar-refractivity contribution in [3.05, 3.63) is 29.8 Å². The predicted molar refractivity (Wildman–Crippen MR) is 74.9 cm³/mol. The van der Waals surface area contributed by atoms with Crippen LogP contribution >= 0.6 is 0 Å². The summed E-state index contributed by atoms with van der Waals surface area (Å²) in [6.45, 7) is 6.24. The van der Waals surface area contributed by atoms with Gasteiger partial charge in [-0.15, -0.1) is 0 Å². The molecule has 1 aromatic rings. The Morgan fingerprint density at radius 2 is 1.85 bits per heavy atom. The molecule has 5 heteroatoms. The number of phenols is 1. The molecule has 2 rings (SSSR count). The first kappa shape index (κ1) is 14.4. The fraction of sp³-hybridized carbons (Fsp3) is 0.467. The van der Waals surface area contributed by atoms with Gasteiger partial charge in [0.15, 0.2) is 0 Å². The van der Waals surface area contributed by atoms with Crippen LogP contribution in [-0.4, -0.2) is 34.4 Å². The molecule has 1 fully saturated rings. The highest BCUT2D eigenvalue weighted by molar-refractivity contribution is 5.95. The molecule has 1 aliphatic heterocycles. The standard InChI is InChI=1S/C15H20N2O3/c1-15(2,3)13-14(20)17(9-12(19)16-13)8-10-4-6-11(18)7-5-10/h4-7,13,18H,8-9H2,1-3H3,(H,16,19). The van der Waals surface area contributed by atoms with Gasteiger partial charge in [-0.25, -0.2) is 0 Å². The van der Waals surface area contributed by atoms with Crippen LogP contribution in [-0.2, 0) is 16.1 Å². The van der Waals surface area contributed by atoms with Gasteiger partial charge in [-0.2, -0.15) is 0 Å². The first-order valence-corrected chi connectivity index (χ1v) is 6.63. The van der Waals surface area contributed by atoms with Crippen LogP contribution in [0.1, 0.15) is 26.3 Å². The van der Waals surface area contributed by atoms with E-state index in [1.54, 1.807) is 29.2 Å². The monoisotopic (exact) mass is 276 g/mol. The largest absolute Gasteiger partial charge is 0.508 e. The summed E-state index contributed by atoms with van der Waals surface area (Å²) in [5.41, 5.74) is 0.568. The van der Waals surface area contributed by atoms with Gasteiger partial charge >= 0.3 is 0 Å². The molecular weight excluding hydrogens is 256 g/mol. The van der Waals surface area contributed by atoms with Gasteiger partial charge in [0.25, 0.3) is 0 Å². The van der Waals surface area contributed by atoms with Crippen LogP contribution in [0.2, 0.25) is 0 Å². The van der Waals surface area contributed by atoms with Crippen molar-refractivity contribution >= 4 is 11.8 Å². The van der Waals surface area contributed by atoms with Crippen molar-refractivity contribution in [1.82, 2.24) is 10.2 Å². The minimum absolute atomic E-state index is 0.0647. The second kappa shape index (κ2) is 5.15. The van der Waals surface area contributed by atoms with Crippen molar-refractivity contribution in [3.63, 3.8) is 0 Å². The summed E-state index contributed by atoms with van der Waals surface area (Å²) in [5, 5.41) is 12.0. The van der Waals surface area contributed by atoms with Crippen LogP contribution in [0.15, 0.2) is 24.3 Å². The number of carbonyl (C=O) groups excluding carboxylic acids is 2. The number of rotatable bonds is 2. The molecular formula is C15H20N2O3. The maximum atomic E-state index is 12.5. The molecule has 1 aliphatic rings. The zero-order valence-corrected chi connectivity index (χ0v) is 12.0. The van der Waals surface area contributed by atoms with E-state index in [-0.39, 0.29) is 29.5 Å². The van der Waals surface area contributed by atoms with Crippen molar-refractivity contribution in [2.75, 3.05) is 6.54 Å². The second-order valence-electron chi connectivity index (χ2n) is 6.23. The summed E-state index contributed by atoms with van der Waals surface area (Å²) < 4.78 is 0. The lowest BCUT2D eigenvalue weighted by molar-refractivity contribution is -0.147. The number of aromatic hydroxyl groups is 1. The van der Waals surface area contributed by atoms with E-state index >= 15 is 0 Å². The molecule has 20 heavy (non-hydrogen) atoms. The van der Waals surface area contributed by atoms with Crippen LogP contribution in [0.3, 0.4) is 0 Å². The molecule has 1 unspecified atom stereocenters. The van der Waals surface area contributed by atoms with Gasteiger partial charge in [-0.05, 0) is 23.1 Å². The Kier molecular flexibility index (Phi) is 3.70. The number of nitrogens with zero attached hydrogens (tertiary/aromatic N) is 1. The number of amides is 2. The molecule has 1 aromatic carbocycles. The zero-order chi connectivity index (χ0) is 14.9. The number of piperazine rings is 1. The summed E-state index contributed by atoms with van der Waals surface area (Å²) in [7, 11) is 0. The number of carbonyl (C=O) groups is 2. The number of benzene rings is 1. The average Bonchev–Trinajstić information content (AvgIpc) is 2.35. The Morgan fingerprint density at radius 1 is 1.25 bits per heavy atom. The van der Waals surface area contributed by atoms with E-state index in [1.807, 2.05) is 20.8 Å². The van der Waals surface area contributed by atoms with Gasteiger partial charge in [0.1, 0.15) is 11.8 Å². The minimum atomic E-state index is -0.499. The van der Waals surface area contributed by atoms with E-state index in [0.29, 0.717) is 6.54 Å². The van der Waals surface area contributed by atoms with Gasteiger partial charge in [0.2, 0.25) is 11.8 Å². The smallest absolute Gasteiger partial charge is 0.246 e. The van der Waals surface area contributed by atoms with Crippen molar-refractivity contribution < 1.29 is 14.7 Å². The third kappa shape index (κ3) is 3.10. The molecule has 0 saturated carbocycles. The normalized spacial score (nSPS) is 19.9. The topological polar surface area (TPSA) is 69.6 Å². The second-order valence-corrected chi connectivity index (χ2v) is 6.23. The van der Waals surface area contributed by atoms with Gasteiger partial charge in [-0.3, -0.25) is 9.59 Å². The molecule has 108 valence electrons. The third-order valence-corrected chi connectivity index (χ3v) is 3.37. The Labute approximate surface area is 118 Å². The molecule has 0 aromatic heterocycles. The number of nitrogens with one attached hydrogen (secondary N) is 1. The van der Waals surface area contributed by atoms with E-state index in [4.69, 9.17) is 0 Å². The summed E-state index contributed by atoms with van der Waals surface area (Å²) >= 11 is 0. The zero-order valence-electron chi connectivity index (χ0n) is 12.0. The molecule has 2 N–H and O–H groups in total. The average molecular weight is 276 g/mol. The van der Waals surface area contributed by atoms with Crippen LogP contribution < -0.4 is 5.32 Å². The Balaban J connectivity index is 2.16. The van der Waals surface area contributed by atoms with E-state index in [9.17, 15) is 14.7 Å². The molecule has 1 saturated heterocycles. The minimum Gasteiger partial charge on any atom is -0.508 e. The lowest BCUT2D eigenvalue weighted by Gasteiger charge is -2.38. The summed E-state index contributed by atoms with van der Waals surface area (Å²) in [6.07, 6.45) is 0. The highest BCUT2D eigenvalue weighted by atomic mass is 16.3. The first-order chi connectivity index (χ1) is 9.27.